The van der Waals surface area contributed by atoms with Gasteiger partial charge in [0.25, 0.3) is 0 Å². The van der Waals surface area contributed by atoms with Crippen LogP contribution in [-0.4, -0.2) is 5.11 Å². The van der Waals surface area contributed by atoms with Crippen molar-refractivity contribution in [1.29, 1.82) is 0 Å². The molecule has 0 heterocycles. The smallest absolute Gasteiger partial charge is 0.115 e. The normalized spacial score (nSPS) is 21.9. The van der Waals surface area contributed by atoms with Gasteiger partial charge in [-0.15, -0.1) is 0 Å². The Labute approximate surface area is 122 Å². The van der Waals surface area contributed by atoms with Gasteiger partial charge in [0.1, 0.15) is 5.75 Å². The lowest BCUT2D eigenvalue weighted by molar-refractivity contribution is 0.448. The molecule has 2 unspecified atom stereocenters. The van der Waals surface area contributed by atoms with E-state index in [2.05, 4.69) is 46.3 Å². The minimum Gasteiger partial charge on any atom is -0.508 e. The van der Waals surface area contributed by atoms with Crippen LogP contribution in [0.15, 0.2) is 48.5 Å². The van der Waals surface area contributed by atoms with Crippen LogP contribution in [0, 0.1) is 5.92 Å². The van der Waals surface area contributed by atoms with Gasteiger partial charge in [0.05, 0.1) is 0 Å². The molecule has 1 aliphatic rings. The largest absolute Gasteiger partial charge is 0.508 e. The summed E-state index contributed by atoms with van der Waals surface area (Å²) in [6.07, 6.45) is 3.36. The molecule has 2 atom stereocenters. The van der Waals surface area contributed by atoms with Gasteiger partial charge in [0, 0.05) is 4.83 Å². The van der Waals surface area contributed by atoms with E-state index < -0.39 is 0 Å². The lowest BCUT2D eigenvalue weighted by atomic mass is 9.81. The van der Waals surface area contributed by atoms with Gasteiger partial charge in [-0.05, 0) is 54.0 Å². The molecule has 3 rings (SSSR count). The van der Waals surface area contributed by atoms with Gasteiger partial charge in [-0.3, -0.25) is 0 Å². The van der Waals surface area contributed by atoms with E-state index in [-0.39, 0.29) is 0 Å². The van der Waals surface area contributed by atoms with Crippen LogP contribution in [0.1, 0.15) is 27.9 Å². The number of benzene rings is 2. The lowest BCUT2D eigenvalue weighted by Gasteiger charge is -2.30. The Hall–Kier alpha value is -1.28. The van der Waals surface area contributed by atoms with E-state index in [0.29, 0.717) is 16.5 Å². The summed E-state index contributed by atoms with van der Waals surface area (Å²) in [6.45, 7) is 0. The maximum absolute atomic E-state index is 9.55. The number of hydrogen-bond acceptors (Lipinski definition) is 1. The summed E-state index contributed by atoms with van der Waals surface area (Å²) in [5.74, 6) is 0.955. The van der Waals surface area contributed by atoms with Gasteiger partial charge < -0.3 is 5.11 Å². The fourth-order valence-electron chi connectivity index (χ4n) is 2.96. The number of fused-ring (bicyclic) bond motifs is 1. The molecule has 0 saturated heterocycles. The zero-order chi connectivity index (χ0) is 13.2. The summed E-state index contributed by atoms with van der Waals surface area (Å²) in [5.41, 5.74) is 4.12. The van der Waals surface area contributed by atoms with Crippen LogP contribution in [0.5, 0.6) is 5.75 Å². The van der Waals surface area contributed by atoms with Gasteiger partial charge in [-0.2, -0.15) is 0 Å². The quantitative estimate of drug-likeness (QED) is 0.801. The van der Waals surface area contributed by atoms with Crippen LogP contribution < -0.4 is 0 Å². The van der Waals surface area contributed by atoms with Crippen molar-refractivity contribution in [3.8, 4) is 5.75 Å². The fraction of sp³-hybridized carbons (Fsp3) is 0.294. The Balaban J connectivity index is 1.81. The standard InChI is InChI=1S/C17H17BrO/c18-17-14(10-12-4-3-6-15(19)11-12)9-8-13-5-1-2-7-16(13)17/h1-7,11,14,17,19H,8-10H2. The topological polar surface area (TPSA) is 20.2 Å². The molecular formula is C17H17BrO. The summed E-state index contributed by atoms with van der Waals surface area (Å²) in [4.78, 5) is 0.416. The molecule has 2 heteroatoms. The summed E-state index contributed by atoms with van der Waals surface area (Å²) >= 11 is 3.87. The molecule has 19 heavy (non-hydrogen) atoms. The number of halogens is 1. The number of hydrogen-bond donors (Lipinski definition) is 1. The molecule has 1 aliphatic carbocycles. The highest BCUT2D eigenvalue weighted by molar-refractivity contribution is 9.09. The average molecular weight is 317 g/mol. The van der Waals surface area contributed by atoms with Gasteiger partial charge >= 0.3 is 0 Å². The minimum atomic E-state index is 0.361. The van der Waals surface area contributed by atoms with Crippen molar-refractivity contribution in [2.24, 2.45) is 5.92 Å². The molecule has 0 radical (unpaired) electrons. The zero-order valence-electron chi connectivity index (χ0n) is 10.7. The van der Waals surface area contributed by atoms with Crippen LogP contribution in [0.2, 0.25) is 0 Å². The van der Waals surface area contributed by atoms with Crippen molar-refractivity contribution in [3.05, 3.63) is 65.2 Å². The third-order valence-corrected chi connectivity index (χ3v) is 5.20. The van der Waals surface area contributed by atoms with E-state index in [4.69, 9.17) is 0 Å². The molecule has 2 aromatic carbocycles. The first-order valence-corrected chi connectivity index (χ1v) is 7.65. The molecule has 1 nitrogen and oxygen atoms in total. The molecule has 0 fully saturated rings. The SMILES string of the molecule is Oc1cccc(CC2CCc3ccccc3C2Br)c1. The van der Waals surface area contributed by atoms with Gasteiger partial charge in [0.2, 0.25) is 0 Å². The predicted octanol–water partition coefficient (Wildman–Crippen LogP) is 4.63. The van der Waals surface area contributed by atoms with E-state index in [1.807, 2.05) is 12.1 Å². The van der Waals surface area contributed by atoms with Crippen molar-refractivity contribution in [3.63, 3.8) is 0 Å². The first kappa shape index (κ1) is 12.7. The Bertz CT molecular complexity index is 579. The van der Waals surface area contributed by atoms with Crippen molar-refractivity contribution < 1.29 is 5.11 Å². The Morgan fingerprint density at radius 2 is 1.95 bits per heavy atom. The van der Waals surface area contributed by atoms with E-state index in [1.54, 1.807) is 6.07 Å². The van der Waals surface area contributed by atoms with Crippen LogP contribution in [-0.2, 0) is 12.8 Å². The summed E-state index contributed by atoms with van der Waals surface area (Å²) in [7, 11) is 0. The fourth-order valence-corrected chi connectivity index (χ4v) is 3.86. The molecular weight excluding hydrogens is 300 g/mol. The summed E-state index contributed by atoms with van der Waals surface area (Å²) in [6, 6.07) is 16.3. The Morgan fingerprint density at radius 1 is 1.11 bits per heavy atom. The van der Waals surface area contributed by atoms with E-state index >= 15 is 0 Å². The second kappa shape index (κ2) is 5.38. The number of aromatic hydroxyl groups is 1. The highest BCUT2D eigenvalue weighted by atomic mass is 79.9. The summed E-state index contributed by atoms with van der Waals surface area (Å²) < 4.78 is 0. The van der Waals surface area contributed by atoms with E-state index in [0.717, 1.165) is 12.8 Å². The highest BCUT2D eigenvalue weighted by Crippen LogP contribution is 2.42. The number of aryl methyl sites for hydroxylation is 1. The molecule has 0 saturated carbocycles. The third-order valence-electron chi connectivity index (χ3n) is 3.96. The van der Waals surface area contributed by atoms with E-state index in [9.17, 15) is 5.11 Å². The molecule has 0 aliphatic heterocycles. The molecule has 98 valence electrons. The maximum atomic E-state index is 9.55. The first-order valence-electron chi connectivity index (χ1n) is 6.74. The van der Waals surface area contributed by atoms with Crippen LogP contribution in [0.25, 0.3) is 0 Å². The average Bonchev–Trinajstić information content (AvgIpc) is 2.42. The summed E-state index contributed by atoms with van der Waals surface area (Å²) in [5, 5.41) is 9.55. The first-order chi connectivity index (χ1) is 9.24. The number of alkyl halides is 1. The zero-order valence-corrected chi connectivity index (χ0v) is 12.3. The lowest BCUT2D eigenvalue weighted by Crippen LogP contribution is -2.18. The molecule has 0 bridgehead atoms. The second-order valence-corrected chi connectivity index (χ2v) is 6.26. The van der Waals surface area contributed by atoms with Gasteiger partial charge in [0.15, 0.2) is 0 Å². The van der Waals surface area contributed by atoms with Crippen molar-refractivity contribution in [1.82, 2.24) is 0 Å². The monoisotopic (exact) mass is 316 g/mol. The maximum Gasteiger partial charge on any atom is 0.115 e. The number of rotatable bonds is 2. The predicted molar refractivity (Wildman–Crippen MR) is 81.7 cm³/mol. The van der Waals surface area contributed by atoms with E-state index in [1.165, 1.54) is 23.1 Å². The highest BCUT2D eigenvalue weighted by Gasteiger charge is 2.27. The molecule has 0 spiro atoms. The Kier molecular flexibility index (Phi) is 3.61. The van der Waals surface area contributed by atoms with Crippen LogP contribution in [0.4, 0.5) is 0 Å². The number of phenolic OH excluding ortho intramolecular Hbond substituents is 1. The van der Waals surface area contributed by atoms with Crippen molar-refractivity contribution in [2.75, 3.05) is 0 Å². The molecule has 2 aromatic rings. The van der Waals surface area contributed by atoms with Crippen molar-refractivity contribution >= 4 is 15.9 Å². The second-order valence-electron chi connectivity index (χ2n) is 5.27. The van der Waals surface area contributed by atoms with Gasteiger partial charge in [-0.1, -0.05) is 52.3 Å². The van der Waals surface area contributed by atoms with Crippen molar-refractivity contribution in [2.45, 2.75) is 24.1 Å². The number of phenols is 1. The minimum absolute atomic E-state index is 0.361. The van der Waals surface area contributed by atoms with Crippen LogP contribution >= 0.6 is 15.9 Å². The molecule has 1 N–H and O–H groups in total. The molecule has 0 aromatic heterocycles. The Morgan fingerprint density at radius 3 is 2.79 bits per heavy atom. The third kappa shape index (κ3) is 2.69. The van der Waals surface area contributed by atoms with Gasteiger partial charge in [-0.25, -0.2) is 0 Å². The van der Waals surface area contributed by atoms with Crippen LogP contribution in [0.3, 0.4) is 0 Å². The molecule has 0 amide bonds.